The average molecular weight is 260 g/mol. The average Bonchev–Trinajstić information content (AvgIpc) is 2.77. The van der Waals surface area contributed by atoms with Crippen molar-refractivity contribution >= 4 is 11.3 Å². The summed E-state index contributed by atoms with van der Waals surface area (Å²) < 4.78 is 26.4. The minimum atomic E-state index is -2.56. The molecule has 0 aromatic carbocycles. The summed E-state index contributed by atoms with van der Waals surface area (Å²) in [5, 5.41) is 12.0. The van der Waals surface area contributed by atoms with E-state index in [2.05, 4.69) is 0 Å². The van der Waals surface area contributed by atoms with Crippen LogP contribution in [0.5, 0.6) is 0 Å². The summed E-state index contributed by atoms with van der Waals surface area (Å²) in [6.45, 7) is 0. The number of aliphatic hydroxyl groups excluding tert-OH is 1. The topological polar surface area (TPSA) is 20.2 Å². The van der Waals surface area contributed by atoms with Crippen molar-refractivity contribution in [3.8, 4) is 0 Å². The fourth-order valence-corrected chi connectivity index (χ4v) is 3.24. The molecule has 1 aromatic heterocycles. The molecule has 0 saturated heterocycles. The SMILES string of the molecule is OC(CCc1cccs1)C1CCCC(F)(F)C1. The van der Waals surface area contributed by atoms with Gasteiger partial charge in [-0.3, -0.25) is 0 Å². The van der Waals surface area contributed by atoms with Gasteiger partial charge in [0.1, 0.15) is 0 Å². The Balaban J connectivity index is 1.81. The van der Waals surface area contributed by atoms with Gasteiger partial charge in [0, 0.05) is 17.7 Å². The summed E-state index contributed by atoms with van der Waals surface area (Å²) in [7, 11) is 0. The van der Waals surface area contributed by atoms with Gasteiger partial charge in [-0.25, -0.2) is 8.78 Å². The zero-order chi connectivity index (χ0) is 12.3. The van der Waals surface area contributed by atoms with Crippen molar-refractivity contribution in [2.75, 3.05) is 0 Å². The second kappa shape index (κ2) is 5.44. The molecule has 1 aliphatic rings. The van der Waals surface area contributed by atoms with Crippen molar-refractivity contribution in [1.29, 1.82) is 0 Å². The molecule has 0 amide bonds. The van der Waals surface area contributed by atoms with Crippen LogP contribution >= 0.6 is 11.3 Å². The lowest BCUT2D eigenvalue weighted by atomic mass is 9.81. The van der Waals surface area contributed by atoms with Gasteiger partial charge in [0.15, 0.2) is 0 Å². The second-order valence-electron chi connectivity index (χ2n) is 4.90. The number of rotatable bonds is 4. The summed E-state index contributed by atoms with van der Waals surface area (Å²) in [5.41, 5.74) is 0. The molecule has 96 valence electrons. The highest BCUT2D eigenvalue weighted by molar-refractivity contribution is 7.09. The van der Waals surface area contributed by atoms with Crippen molar-refractivity contribution in [1.82, 2.24) is 0 Å². The van der Waals surface area contributed by atoms with Crippen LogP contribution < -0.4 is 0 Å². The first-order valence-electron chi connectivity index (χ1n) is 6.15. The summed E-state index contributed by atoms with van der Waals surface area (Å²) in [4.78, 5) is 1.21. The summed E-state index contributed by atoms with van der Waals surface area (Å²) in [6.07, 6.45) is 1.93. The molecule has 1 aliphatic carbocycles. The van der Waals surface area contributed by atoms with E-state index in [1.54, 1.807) is 11.3 Å². The lowest BCUT2D eigenvalue weighted by Gasteiger charge is -2.31. The van der Waals surface area contributed by atoms with Gasteiger partial charge >= 0.3 is 0 Å². The Kier molecular flexibility index (Phi) is 4.15. The molecule has 1 N–H and O–H groups in total. The van der Waals surface area contributed by atoms with E-state index >= 15 is 0 Å². The van der Waals surface area contributed by atoms with E-state index in [0.29, 0.717) is 12.8 Å². The molecule has 0 radical (unpaired) electrons. The molecular formula is C13H18F2OS. The molecular weight excluding hydrogens is 242 g/mol. The minimum absolute atomic E-state index is 0.0128. The minimum Gasteiger partial charge on any atom is -0.393 e. The quantitative estimate of drug-likeness (QED) is 0.871. The van der Waals surface area contributed by atoms with Crippen molar-refractivity contribution in [2.24, 2.45) is 5.92 Å². The van der Waals surface area contributed by atoms with Crippen LogP contribution in [0.4, 0.5) is 8.78 Å². The summed E-state index contributed by atoms with van der Waals surface area (Å²) in [6, 6.07) is 3.99. The third-order valence-electron chi connectivity index (χ3n) is 3.49. The van der Waals surface area contributed by atoms with Crippen LogP contribution in [-0.2, 0) is 6.42 Å². The predicted molar refractivity (Wildman–Crippen MR) is 65.6 cm³/mol. The maximum Gasteiger partial charge on any atom is 0.248 e. The van der Waals surface area contributed by atoms with Gasteiger partial charge in [-0.2, -0.15) is 0 Å². The maximum absolute atomic E-state index is 13.2. The van der Waals surface area contributed by atoms with Crippen LogP contribution in [0.2, 0.25) is 0 Å². The monoisotopic (exact) mass is 260 g/mol. The molecule has 1 saturated carbocycles. The number of thiophene rings is 1. The third kappa shape index (κ3) is 3.75. The van der Waals surface area contributed by atoms with Crippen LogP contribution in [-0.4, -0.2) is 17.1 Å². The molecule has 0 aliphatic heterocycles. The van der Waals surface area contributed by atoms with Crippen LogP contribution in [0.15, 0.2) is 17.5 Å². The highest BCUT2D eigenvalue weighted by Crippen LogP contribution is 2.38. The van der Waals surface area contributed by atoms with Crippen LogP contribution in [0, 0.1) is 5.92 Å². The Labute approximate surface area is 104 Å². The molecule has 2 atom stereocenters. The summed E-state index contributed by atoms with van der Waals surface area (Å²) >= 11 is 1.65. The number of aliphatic hydroxyl groups is 1. The predicted octanol–water partition coefficient (Wildman–Crippen LogP) is 3.87. The zero-order valence-corrected chi connectivity index (χ0v) is 10.6. The van der Waals surface area contributed by atoms with Crippen molar-refractivity contribution in [2.45, 2.75) is 50.6 Å². The van der Waals surface area contributed by atoms with E-state index in [1.807, 2.05) is 17.5 Å². The second-order valence-corrected chi connectivity index (χ2v) is 5.93. The lowest BCUT2D eigenvalue weighted by Crippen LogP contribution is -2.33. The van der Waals surface area contributed by atoms with Crippen LogP contribution in [0.3, 0.4) is 0 Å². The van der Waals surface area contributed by atoms with Gasteiger partial charge in [-0.1, -0.05) is 6.07 Å². The van der Waals surface area contributed by atoms with Crippen LogP contribution in [0.1, 0.15) is 37.0 Å². The number of hydrogen-bond acceptors (Lipinski definition) is 2. The third-order valence-corrected chi connectivity index (χ3v) is 4.43. The largest absolute Gasteiger partial charge is 0.393 e. The van der Waals surface area contributed by atoms with Gasteiger partial charge in [-0.15, -0.1) is 11.3 Å². The van der Waals surface area contributed by atoms with E-state index in [9.17, 15) is 13.9 Å². The molecule has 0 spiro atoms. The van der Waals surface area contributed by atoms with Gasteiger partial charge in [0.25, 0.3) is 0 Å². The normalized spacial score (nSPS) is 25.7. The Morgan fingerprint density at radius 1 is 1.53 bits per heavy atom. The summed E-state index contributed by atoms with van der Waals surface area (Å²) in [5.74, 6) is -2.79. The molecule has 0 bridgehead atoms. The molecule has 2 rings (SSSR count). The fraction of sp³-hybridized carbons (Fsp3) is 0.692. The molecule has 1 fully saturated rings. The number of halogens is 2. The van der Waals surface area contributed by atoms with Gasteiger partial charge in [0.2, 0.25) is 5.92 Å². The number of aryl methyl sites for hydroxylation is 1. The molecule has 17 heavy (non-hydrogen) atoms. The molecule has 1 nitrogen and oxygen atoms in total. The van der Waals surface area contributed by atoms with E-state index in [1.165, 1.54) is 4.88 Å². The number of hydrogen-bond donors (Lipinski definition) is 1. The first-order chi connectivity index (χ1) is 8.07. The highest BCUT2D eigenvalue weighted by atomic mass is 32.1. The molecule has 2 unspecified atom stereocenters. The Bertz CT molecular complexity index is 337. The Morgan fingerprint density at radius 2 is 2.35 bits per heavy atom. The van der Waals surface area contributed by atoms with Gasteiger partial charge in [-0.05, 0) is 43.0 Å². The van der Waals surface area contributed by atoms with E-state index in [0.717, 1.165) is 12.8 Å². The van der Waals surface area contributed by atoms with E-state index < -0.39 is 12.0 Å². The maximum atomic E-state index is 13.2. The first kappa shape index (κ1) is 13.0. The lowest BCUT2D eigenvalue weighted by molar-refractivity contribution is -0.0763. The van der Waals surface area contributed by atoms with Crippen molar-refractivity contribution in [3.05, 3.63) is 22.4 Å². The van der Waals surface area contributed by atoms with Gasteiger partial charge in [0.05, 0.1) is 6.10 Å². The standard InChI is InChI=1S/C13H18F2OS/c14-13(15)7-1-3-10(9-13)12(16)6-5-11-4-2-8-17-11/h2,4,8,10,12,16H,1,3,5-7,9H2. The fourth-order valence-electron chi connectivity index (χ4n) is 2.52. The molecule has 1 heterocycles. The highest BCUT2D eigenvalue weighted by Gasteiger charge is 2.38. The first-order valence-corrected chi connectivity index (χ1v) is 7.03. The van der Waals surface area contributed by atoms with E-state index in [-0.39, 0.29) is 18.8 Å². The number of alkyl halides is 2. The Hall–Kier alpha value is -0.480. The zero-order valence-electron chi connectivity index (χ0n) is 9.74. The molecule has 4 heteroatoms. The van der Waals surface area contributed by atoms with Crippen molar-refractivity contribution < 1.29 is 13.9 Å². The van der Waals surface area contributed by atoms with Gasteiger partial charge < -0.3 is 5.11 Å². The molecule has 1 aromatic rings. The van der Waals surface area contributed by atoms with Crippen molar-refractivity contribution in [3.63, 3.8) is 0 Å². The van der Waals surface area contributed by atoms with Crippen LogP contribution in [0.25, 0.3) is 0 Å². The smallest absolute Gasteiger partial charge is 0.248 e. The Morgan fingerprint density at radius 3 is 3.00 bits per heavy atom. The van der Waals surface area contributed by atoms with E-state index in [4.69, 9.17) is 0 Å².